The number of nitrogens with zero attached hydrogens (tertiary/aromatic N) is 6. The fourth-order valence-corrected chi connectivity index (χ4v) is 4.36. The van der Waals surface area contributed by atoms with Crippen LogP contribution in [0, 0.1) is 0 Å². The number of aliphatic hydroxyl groups is 2. The third-order valence-electron chi connectivity index (χ3n) is 4.81. The van der Waals surface area contributed by atoms with E-state index in [4.69, 9.17) is 9.47 Å². The molecular weight excluding hydrogens is 424 g/mol. The summed E-state index contributed by atoms with van der Waals surface area (Å²) in [6.45, 7) is 7.70. The maximum absolute atomic E-state index is 11.8. The SMILES string of the molecule is CCOCCCOc1ncnc2c(N3CC[S+]([O-])CC3)nc(N(C(C)O)C(C)O)nc12. The second-order valence-electron chi connectivity index (χ2n) is 7.13. The minimum Gasteiger partial charge on any atom is -0.616 e. The van der Waals surface area contributed by atoms with Gasteiger partial charge in [0.2, 0.25) is 11.8 Å². The first-order chi connectivity index (χ1) is 14.9. The van der Waals surface area contributed by atoms with Crippen LogP contribution in [0.1, 0.15) is 27.2 Å². The molecule has 2 N–H and O–H groups in total. The van der Waals surface area contributed by atoms with Crippen LogP contribution in [0.5, 0.6) is 5.88 Å². The van der Waals surface area contributed by atoms with Crippen LogP contribution in [0.3, 0.4) is 0 Å². The number of anilines is 2. The van der Waals surface area contributed by atoms with Crippen molar-refractivity contribution in [2.45, 2.75) is 39.6 Å². The molecule has 0 amide bonds. The van der Waals surface area contributed by atoms with Crippen LogP contribution in [0.4, 0.5) is 11.8 Å². The lowest BCUT2D eigenvalue weighted by atomic mass is 10.3. The van der Waals surface area contributed by atoms with Crippen LogP contribution in [-0.2, 0) is 15.9 Å². The Morgan fingerprint density at radius 3 is 2.48 bits per heavy atom. The molecule has 3 heterocycles. The van der Waals surface area contributed by atoms with E-state index in [1.54, 1.807) is 0 Å². The molecular formula is C19H30N6O5S. The second kappa shape index (κ2) is 11.0. The zero-order chi connectivity index (χ0) is 22.4. The molecule has 2 atom stereocenters. The Kier molecular flexibility index (Phi) is 8.43. The molecule has 1 aliphatic rings. The summed E-state index contributed by atoms with van der Waals surface area (Å²) in [7, 11) is 0. The van der Waals surface area contributed by atoms with Crippen LogP contribution in [0.15, 0.2) is 6.33 Å². The molecule has 0 spiro atoms. The van der Waals surface area contributed by atoms with E-state index in [-0.39, 0.29) is 5.95 Å². The zero-order valence-corrected chi connectivity index (χ0v) is 18.9. The smallest absolute Gasteiger partial charge is 0.244 e. The standard InChI is InChI=1S/C19H30N6O5S/c1-4-29-8-5-9-30-18-16-15(20-12-21-18)17(24-6-10-31(28)11-7-24)23-19(22-16)25(13(2)26)14(3)27/h12-14,26-27H,4-11H2,1-3H3. The van der Waals surface area contributed by atoms with Crippen molar-refractivity contribution in [2.75, 3.05) is 54.2 Å². The fourth-order valence-electron chi connectivity index (χ4n) is 3.31. The predicted octanol–water partition coefficient (Wildman–Crippen LogP) is 0.277. The highest BCUT2D eigenvalue weighted by Crippen LogP contribution is 2.31. The number of rotatable bonds is 10. The van der Waals surface area contributed by atoms with E-state index in [1.165, 1.54) is 25.1 Å². The third kappa shape index (κ3) is 5.83. The molecule has 1 saturated heterocycles. The van der Waals surface area contributed by atoms with Crippen molar-refractivity contribution in [1.29, 1.82) is 0 Å². The van der Waals surface area contributed by atoms with E-state index in [9.17, 15) is 14.8 Å². The highest BCUT2D eigenvalue weighted by molar-refractivity contribution is 7.91. The minimum atomic E-state index is -1.03. The van der Waals surface area contributed by atoms with Crippen molar-refractivity contribution >= 4 is 34.0 Å². The lowest BCUT2D eigenvalue weighted by molar-refractivity contribution is 0.103. The Balaban J connectivity index is 2.02. The van der Waals surface area contributed by atoms with Crippen LogP contribution in [0.2, 0.25) is 0 Å². The first-order valence-corrected chi connectivity index (χ1v) is 11.9. The maximum Gasteiger partial charge on any atom is 0.244 e. The highest BCUT2D eigenvalue weighted by atomic mass is 32.2. The van der Waals surface area contributed by atoms with E-state index in [2.05, 4.69) is 19.9 Å². The first-order valence-electron chi connectivity index (χ1n) is 10.4. The van der Waals surface area contributed by atoms with Gasteiger partial charge in [-0.3, -0.25) is 4.90 Å². The summed E-state index contributed by atoms with van der Waals surface area (Å²) in [5.41, 5.74) is 0.888. The summed E-state index contributed by atoms with van der Waals surface area (Å²) < 4.78 is 23.0. The van der Waals surface area contributed by atoms with Gasteiger partial charge in [0.1, 0.15) is 35.8 Å². The van der Waals surface area contributed by atoms with Gasteiger partial charge in [0, 0.05) is 19.6 Å². The van der Waals surface area contributed by atoms with Gasteiger partial charge in [0.15, 0.2) is 11.3 Å². The average Bonchev–Trinajstić information content (AvgIpc) is 2.73. The van der Waals surface area contributed by atoms with E-state index >= 15 is 0 Å². The molecule has 0 radical (unpaired) electrons. The van der Waals surface area contributed by atoms with Crippen molar-refractivity contribution in [3.63, 3.8) is 0 Å². The van der Waals surface area contributed by atoms with Crippen LogP contribution in [0.25, 0.3) is 11.0 Å². The Bertz CT molecular complexity index is 842. The summed E-state index contributed by atoms with van der Waals surface area (Å²) in [4.78, 5) is 21.0. The van der Waals surface area contributed by atoms with Gasteiger partial charge < -0.3 is 29.1 Å². The van der Waals surface area contributed by atoms with Crippen molar-refractivity contribution in [1.82, 2.24) is 19.9 Å². The molecule has 12 heteroatoms. The lowest BCUT2D eigenvalue weighted by Crippen LogP contribution is -2.43. The Morgan fingerprint density at radius 2 is 1.84 bits per heavy atom. The number of ether oxygens (including phenoxy) is 2. The molecule has 0 bridgehead atoms. The Hall–Kier alpha value is -1.99. The lowest BCUT2D eigenvalue weighted by Gasteiger charge is -2.32. The Labute approximate surface area is 184 Å². The molecule has 11 nitrogen and oxygen atoms in total. The van der Waals surface area contributed by atoms with Crippen LogP contribution in [-0.4, -0.2) is 91.6 Å². The summed E-state index contributed by atoms with van der Waals surface area (Å²) in [5, 5.41) is 20.4. The Morgan fingerprint density at radius 1 is 1.13 bits per heavy atom. The number of hydrogen-bond acceptors (Lipinski definition) is 11. The number of aromatic nitrogens is 4. The number of hydrogen-bond donors (Lipinski definition) is 2. The normalized spacial score (nSPS) is 17.0. The molecule has 0 aliphatic carbocycles. The van der Waals surface area contributed by atoms with Gasteiger partial charge in [-0.05, 0) is 20.8 Å². The molecule has 3 rings (SSSR count). The predicted molar refractivity (Wildman–Crippen MR) is 118 cm³/mol. The van der Waals surface area contributed by atoms with Crippen molar-refractivity contribution < 1.29 is 24.2 Å². The second-order valence-corrected chi connectivity index (χ2v) is 8.82. The minimum absolute atomic E-state index is 0.133. The fraction of sp³-hybridized carbons (Fsp3) is 0.684. The molecule has 2 unspecified atom stereocenters. The van der Waals surface area contributed by atoms with Gasteiger partial charge in [-0.2, -0.15) is 9.97 Å². The summed E-state index contributed by atoms with van der Waals surface area (Å²) in [6.07, 6.45) is 0.0320. The van der Waals surface area contributed by atoms with Gasteiger partial charge in [-0.15, -0.1) is 0 Å². The quantitative estimate of drug-likeness (QED) is 0.290. The van der Waals surface area contributed by atoms with Gasteiger partial charge >= 0.3 is 0 Å². The molecule has 2 aromatic heterocycles. The molecule has 1 fully saturated rings. The van der Waals surface area contributed by atoms with Gasteiger partial charge in [-0.1, -0.05) is 11.2 Å². The molecule has 0 aromatic carbocycles. The van der Waals surface area contributed by atoms with E-state index in [1.807, 2.05) is 11.8 Å². The molecule has 172 valence electrons. The molecule has 2 aromatic rings. The first kappa shape index (κ1) is 23.7. The van der Waals surface area contributed by atoms with E-state index in [0.717, 1.165) is 0 Å². The van der Waals surface area contributed by atoms with Crippen molar-refractivity contribution in [3.05, 3.63) is 6.33 Å². The maximum atomic E-state index is 11.8. The molecule has 0 saturated carbocycles. The number of fused-ring (bicyclic) bond motifs is 1. The van der Waals surface area contributed by atoms with Crippen LogP contribution >= 0.6 is 0 Å². The van der Waals surface area contributed by atoms with Gasteiger partial charge in [0.05, 0.1) is 19.7 Å². The topological polar surface area (TPSA) is 140 Å². The summed E-state index contributed by atoms with van der Waals surface area (Å²) in [5.74, 6) is 2.02. The van der Waals surface area contributed by atoms with Crippen molar-refractivity contribution in [3.8, 4) is 5.88 Å². The molecule has 1 aliphatic heterocycles. The zero-order valence-electron chi connectivity index (χ0n) is 18.1. The third-order valence-corrected chi connectivity index (χ3v) is 6.08. The number of aliphatic hydroxyl groups excluding tert-OH is 2. The van der Waals surface area contributed by atoms with Gasteiger partial charge in [0.25, 0.3) is 0 Å². The van der Waals surface area contributed by atoms with Gasteiger partial charge in [-0.25, -0.2) is 9.97 Å². The van der Waals surface area contributed by atoms with Crippen LogP contribution < -0.4 is 14.5 Å². The average molecular weight is 455 g/mol. The molecule has 31 heavy (non-hydrogen) atoms. The van der Waals surface area contributed by atoms with Crippen molar-refractivity contribution in [2.24, 2.45) is 0 Å². The van der Waals surface area contributed by atoms with E-state index in [0.29, 0.717) is 73.6 Å². The highest BCUT2D eigenvalue weighted by Gasteiger charge is 2.28. The monoisotopic (exact) mass is 454 g/mol. The summed E-state index contributed by atoms with van der Waals surface area (Å²) in [6, 6.07) is 0. The largest absolute Gasteiger partial charge is 0.616 e. The van der Waals surface area contributed by atoms with E-state index < -0.39 is 23.6 Å². The summed E-state index contributed by atoms with van der Waals surface area (Å²) >= 11 is -0.854.